The van der Waals surface area contributed by atoms with E-state index in [0.717, 1.165) is 30.5 Å². The Labute approximate surface area is 135 Å². The summed E-state index contributed by atoms with van der Waals surface area (Å²) >= 11 is 0. The Morgan fingerprint density at radius 1 is 1.32 bits per heavy atom. The van der Waals surface area contributed by atoms with Crippen LogP contribution in [0.3, 0.4) is 0 Å². The van der Waals surface area contributed by atoms with E-state index in [1.807, 2.05) is 26.2 Å². The summed E-state index contributed by atoms with van der Waals surface area (Å²) < 4.78 is 27.0. The molecule has 0 aromatic heterocycles. The summed E-state index contributed by atoms with van der Waals surface area (Å²) in [6.45, 7) is 4.78. The molecule has 22 heavy (non-hydrogen) atoms. The zero-order valence-electron chi connectivity index (χ0n) is 14.1. The average Bonchev–Trinajstić information content (AvgIpc) is 2.96. The molecule has 0 amide bonds. The third kappa shape index (κ3) is 4.02. The summed E-state index contributed by atoms with van der Waals surface area (Å²) in [5.41, 5.74) is 2.22. The molecule has 1 fully saturated rings. The van der Waals surface area contributed by atoms with Crippen molar-refractivity contribution in [2.24, 2.45) is 5.92 Å². The molecule has 1 aromatic rings. The molecule has 1 unspecified atom stereocenters. The minimum atomic E-state index is -3.17. The zero-order valence-corrected chi connectivity index (χ0v) is 14.9. The Morgan fingerprint density at radius 2 is 2.05 bits per heavy atom. The summed E-state index contributed by atoms with van der Waals surface area (Å²) in [5.74, 6) is 0.669. The summed E-state index contributed by atoms with van der Waals surface area (Å²) in [4.78, 5) is 2.05. The maximum absolute atomic E-state index is 12.7. The van der Waals surface area contributed by atoms with Crippen LogP contribution in [0.1, 0.15) is 44.7 Å². The number of nitrogens with zero attached hydrogens (tertiary/aromatic N) is 2. The second kappa shape index (κ2) is 7.01. The van der Waals surface area contributed by atoms with Gasteiger partial charge in [0.25, 0.3) is 0 Å². The normalized spacial score (nSPS) is 19.8. The van der Waals surface area contributed by atoms with Crippen molar-refractivity contribution in [1.29, 1.82) is 0 Å². The van der Waals surface area contributed by atoms with Crippen molar-refractivity contribution in [3.8, 4) is 0 Å². The average molecular weight is 324 g/mol. The number of anilines is 1. The van der Waals surface area contributed by atoms with Crippen LogP contribution in [0.15, 0.2) is 24.3 Å². The first-order valence-corrected chi connectivity index (χ1v) is 9.69. The summed E-state index contributed by atoms with van der Waals surface area (Å²) in [7, 11) is 0.844. The lowest BCUT2D eigenvalue weighted by Crippen LogP contribution is -2.33. The highest BCUT2D eigenvalue weighted by Crippen LogP contribution is 2.35. The van der Waals surface area contributed by atoms with Crippen molar-refractivity contribution in [3.63, 3.8) is 0 Å². The van der Waals surface area contributed by atoms with Gasteiger partial charge < -0.3 is 4.90 Å². The van der Waals surface area contributed by atoms with Crippen LogP contribution in [-0.4, -0.2) is 39.1 Å². The lowest BCUT2D eigenvalue weighted by atomic mass is 10.0. The fraction of sp³-hybridized carbons (Fsp3) is 0.647. The molecule has 5 heteroatoms. The Morgan fingerprint density at radius 3 is 2.68 bits per heavy atom. The first kappa shape index (κ1) is 17.3. The van der Waals surface area contributed by atoms with Crippen LogP contribution in [-0.2, 0) is 10.0 Å². The van der Waals surface area contributed by atoms with Crippen molar-refractivity contribution in [2.45, 2.75) is 39.2 Å². The smallest absolute Gasteiger partial charge is 0.214 e. The van der Waals surface area contributed by atoms with Gasteiger partial charge in [-0.05, 0) is 42.9 Å². The second-order valence-corrected chi connectivity index (χ2v) is 8.80. The molecule has 124 valence electrons. The largest absolute Gasteiger partial charge is 0.378 e. The number of rotatable bonds is 6. The van der Waals surface area contributed by atoms with Crippen molar-refractivity contribution in [3.05, 3.63) is 29.8 Å². The quantitative estimate of drug-likeness (QED) is 0.806. The van der Waals surface area contributed by atoms with E-state index in [1.165, 1.54) is 0 Å². The van der Waals surface area contributed by atoms with Crippen LogP contribution in [0.2, 0.25) is 0 Å². The fourth-order valence-electron chi connectivity index (χ4n) is 2.92. The summed E-state index contributed by atoms with van der Waals surface area (Å²) in [6.07, 6.45) is 2.58. The Kier molecular flexibility index (Phi) is 5.50. The second-order valence-electron chi connectivity index (χ2n) is 6.76. The van der Waals surface area contributed by atoms with Gasteiger partial charge in [0.05, 0.1) is 5.75 Å². The van der Waals surface area contributed by atoms with Gasteiger partial charge in [0.15, 0.2) is 0 Å². The molecule has 4 nitrogen and oxygen atoms in total. The molecule has 0 radical (unpaired) electrons. The Balaban J connectivity index is 2.22. The number of hydrogen-bond acceptors (Lipinski definition) is 3. The molecule has 0 saturated carbocycles. The van der Waals surface area contributed by atoms with E-state index < -0.39 is 10.0 Å². The van der Waals surface area contributed by atoms with Crippen LogP contribution >= 0.6 is 0 Å². The molecule has 0 bridgehead atoms. The molecule has 1 saturated heterocycles. The molecule has 1 aromatic carbocycles. The fourth-order valence-corrected chi connectivity index (χ4v) is 4.94. The molecule has 0 spiro atoms. The van der Waals surface area contributed by atoms with Gasteiger partial charge in [0.2, 0.25) is 10.0 Å². The highest BCUT2D eigenvalue weighted by atomic mass is 32.2. The van der Waals surface area contributed by atoms with Crippen LogP contribution in [0.5, 0.6) is 0 Å². The minimum absolute atomic E-state index is 0.00272. The number of sulfonamides is 1. The van der Waals surface area contributed by atoms with Gasteiger partial charge in [-0.3, -0.25) is 0 Å². The van der Waals surface area contributed by atoms with E-state index in [2.05, 4.69) is 30.9 Å². The molecule has 1 aliphatic heterocycles. The molecule has 0 N–H and O–H groups in total. The van der Waals surface area contributed by atoms with Gasteiger partial charge in [-0.15, -0.1) is 0 Å². The predicted molar refractivity (Wildman–Crippen MR) is 92.7 cm³/mol. The first-order chi connectivity index (χ1) is 10.3. The van der Waals surface area contributed by atoms with E-state index in [0.29, 0.717) is 12.5 Å². The number of benzene rings is 1. The summed E-state index contributed by atoms with van der Waals surface area (Å²) in [6, 6.07) is 8.23. The van der Waals surface area contributed by atoms with Gasteiger partial charge in [0, 0.05) is 32.4 Å². The minimum Gasteiger partial charge on any atom is -0.378 e. The van der Waals surface area contributed by atoms with Gasteiger partial charge in [-0.2, -0.15) is 4.31 Å². The third-order valence-electron chi connectivity index (χ3n) is 4.29. The standard InChI is InChI=1S/C17H28N2O2S/c1-14(2)10-12-22(20,21)19-11-6-9-17(19)15-7-5-8-16(13-15)18(3)4/h5,7-8,13-14,17H,6,9-12H2,1-4H3. The lowest BCUT2D eigenvalue weighted by Gasteiger charge is -2.26. The molecule has 1 atom stereocenters. The molecule has 1 heterocycles. The van der Waals surface area contributed by atoms with Crippen molar-refractivity contribution >= 4 is 15.7 Å². The van der Waals surface area contributed by atoms with E-state index >= 15 is 0 Å². The molecular weight excluding hydrogens is 296 g/mol. The van der Waals surface area contributed by atoms with Gasteiger partial charge in [0.1, 0.15) is 0 Å². The SMILES string of the molecule is CC(C)CCS(=O)(=O)N1CCCC1c1cccc(N(C)C)c1. The topological polar surface area (TPSA) is 40.6 Å². The van der Waals surface area contributed by atoms with Gasteiger partial charge in [-0.1, -0.05) is 26.0 Å². The van der Waals surface area contributed by atoms with E-state index in [9.17, 15) is 8.42 Å². The maximum atomic E-state index is 12.7. The third-order valence-corrected chi connectivity index (χ3v) is 6.19. The zero-order chi connectivity index (χ0) is 16.3. The van der Waals surface area contributed by atoms with E-state index in [1.54, 1.807) is 4.31 Å². The highest BCUT2D eigenvalue weighted by Gasteiger charge is 2.34. The highest BCUT2D eigenvalue weighted by molar-refractivity contribution is 7.89. The van der Waals surface area contributed by atoms with Crippen LogP contribution in [0.25, 0.3) is 0 Å². The lowest BCUT2D eigenvalue weighted by molar-refractivity contribution is 0.394. The van der Waals surface area contributed by atoms with Crippen LogP contribution in [0, 0.1) is 5.92 Å². The molecule has 2 rings (SSSR count). The molecule has 1 aliphatic rings. The number of hydrogen-bond donors (Lipinski definition) is 0. The van der Waals surface area contributed by atoms with Gasteiger partial charge >= 0.3 is 0 Å². The Hall–Kier alpha value is -1.07. The van der Waals surface area contributed by atoms with Crippen LogP contribution in [0.4, 0.5) is 5.69 Å². The summed E-state index contributed by atoms with van der Waals surface area (Å²) in [5, 5.41) is 0. The van der Waals surface area contributed by atoms with E-state index in [4.69, 9.17) is 0 Å². The molecular formula is C17H28N2O2S. The first-order valence-electron chi connectivity index (χ1n) is 8.08. The molecule has 0 aliphatic carbocycles. The van der Waals surface area contributed by atoms with Crippen LogP contribution < -0.4 is 4.90 Å². The van der Waals surface area contributed by atoms with Gasteiger partial charge in [-0.25, -0.2) is 8.42 Å². The predicted octanol–water partition coefficient (Wildman–Crippen LogP) is 3.27. The monoisotopic (exact) mass is 324 g/mol. The Bertz CT molecular complexity index is 596. The van der Waals surface area contributed by atoms with E-state index in [-0.39, 0.29) is 11.8 Å². The maximum Gasteiger partial charge on any atom is 0.214 e. The van der Waals surface area contributed by atoms with Crippen molar-refractivity contribution in [2.75, 3.05) is 31.3 Å². The van der Waals surface area contributed by atoms with Crippen molar-refractivity contribution in [1.82, 2.24) is 4.31 Å². The van der Waals surface area contributed by atoms with Crippen molar-refractivity contribution < 1.29 is 8.42 Å².